The Kier molecular flexibility index (Phi) is 1.80. The van der Waals surface area contributed by atoms with Crippen molar-refractivity contribution in [2.75, 3.05) is 5.73 Å². The highest BCUT2D eigenvalue weighted by atomic mass is 16.1. The minimum atomic E-state index is 0.0549. The number of ketones is 1. The lowest BCUT2D eigenvalue weighted by Gasteiger charge is -2.18. The summed E-state index contributed by atoms with van der Waals surface area (Å²) in [5.41, 5.74) is 9.80. The van der Waals surface area contributed by atoms with Crippen LogP contribution < -0.4 is 5.73 Å². The molecular weight excluding hydrogens is 200 g/mol. The van der Waals surface area contributed by atoms with Crippen LogP contribution in [0.3, 0.4) is 0 Å². The second kappa shape index (κ2) is 3.17. The molecule has 3 nitrogen and oxygen atoms in total. The first-order chi connectivity index (χ1) is 7.77. The van der Waals surface area contributed by atoms with E-state index in [1.165, 1.54) is 0 Å². The molecule has 78 valence electrons. The number of fused-ring (bicyclic) bond motifs is 3. The molecule has 3 heteroatoms. The molecule has 0 saturated heterocycles. The van der Waals surface area contributed by atoms with Gasteiger partial charge in [-0.15, -0.1) is 0 Å². The van der Waals surface area contributed by atoms with Gasteiger partial charge in [-0.1, -0.05) is 18.2 Å². The molecule has 1 aromatic carbocycles. The van der Waals surface area contributed by atoms with Crippen LogP contribution in [0.5, 0.6) is 0 Å². The van der Waals surface area contributed by atoms with Gasteiger partial charge in [0, 0.05) is 23.0 Å². The highest BCUT2D eigenvalue weighted by Crippen LogP contribution is 2.34. The van der Waals surface area contributed by atoms with E-state index in [0.717, 1.165) is 16.8 Å². The lowest BCUT2D eigenvalue weighted by molar-refractivity contribution is 0.0991. The van der Waals surface area contributed by atoms with E-state index in [0.29, 0.717) is 17.7 Å². The molecule has 16 heavy (non-hydrogen) atoms. The van der Waals surface area contributed by atoms with Crippen LogP contribution >= 0.6 is 0 Å². The number of hydrogen-bond donors (Lipinski definition) is 1. The first kappa shape index (κ1) is 9.09. The van der Waals surface area contributed by atoms with Gasteiger partial charge in [-0.3, -0.25) is 9.78 Å². The fourth-order valence-electron chi connectivity index (χ4n) is 2.17. The highest BCUT2D eigenvalue weighted by molar-refractivity contribution is 6.10. The number of carbonyl (C=O) groups is 1. The summed E-state index contributed by atoms with van der Waals surface area (Å²) in [7, 11) is 0. The summed E-state index contributed by atoms with van der Waals surface area (Å²) >= 11 is 0. The summed E-state index contributed by atoms with van der Waals surface area (Å²) in [6, 6.07) is 9.40. The third kappa shape index (κ3) is 1.15. The van der Waals surface area contributed by atoms with Crippen LogP contribution in [0.1, 0.15) is 16.1 Å². The Morgan fingerprint density at radius 1 is 1.12 bits per heavy atom. The molecule has 0 fully saturated rings. The number of Topliss-reactive ketones (excluding diaryl/α,β-unsaturated/α-hetero) is 1. The van der Waals surface area contributed by atoms with E-state index in [-0.39, 0.29) is 5.78 Å². The van der Waals surface area contributed by atoms with Gasteiger partial charge < -0.3 is 5.73 Å². The molecule has 1 aromatic heterocycles. The second-order valence-electron chi connectivity index (χ2n) is 3.87. The summed E-state index contributed by atoms with van der Waals surface area (Å²) in [5, 5.41) is 0. The van der Waals surface area contributed by atoms with Crippen molar-refractivity contribution in [3.63, 3.8) is 0 Å². The first-order valence-electron chi connectivity index (χ1n) is 5.13. The molecule has 1 aliphatic carbocycles. The molecule has 0 aliphatic heterocycles. The molecule has 1 aliphatic rings. The Labute approximate surface area is 92.9 Å². The first-order valence-corrected chi connectivity index (χ1v) is 5.13. The highest BCUT2D eigenvalue weighted by Gasteiger charge is 2.24. The van der Waals surface area contributed by atoms with Gasteiger partial charge in [0.05, 0.1) is 12.1 Å². The number of nitrogens with zero attached hydrogens (tertiary/aromatic N) is 1. The number of anilines is 1. The van der Waals surface area contributed by atoms with Crippen molar-refractivity contribution in [2.45, 2.75) is 6.42 Å². The van der Waals surface area contributed by atoms with Crippen LogP contribution in [-0.2, 0) is 6.42 Å². The van der Waals surface area contributed by atoms with Gasteiger partial charge in [0.15, 0.2) is 5.78 Å². The number of benzene rings is 1. The summed E-state index contributed by atoms with van der Waals surface area (Å²) < 4.78 is 0. The monoisotopic (exact) mass is 210 g/mol. The van der Waals surface area contributed by atoms with Gasteiger partial charge in [-0.25, -0.2) is 0 Å². The number of hydrogen-bond acceptors (Lipinski definition) is 3. The molecule has 0 bridgehead atoms. The Balaban J connectivity index is 2.37. The molecule has 0 saturated carbocycles. The third-order valence-electron chi connectivity index (χ3n) is 2.88. The molecule has 0 unspecified atom stereocenters. The number of carbonyl (C=O) groups excluding carboxylic acids is 1. The van der Waals surface area contributed by atoms with Gasteiger partial charge in [0.1, 0.15) is 0 Å². The minimum absolute atomic E-state index is 0.0549. The van der Waals surface area contributed by atoms with Crippen molar-refractivity contribution in [1.29, 1.82) is 0 Å². The van der Waals surface area contributed by atoms with E-state index in [4.69, 9.17) is 5.73 Å². The van der Waals surface area contributed by atoms with E-state index in [1.807, 2.05) is 24.3 Å². The Morgan fingerprint density at radius 3 is 2.81 bits per heavy atom. The van der Waals surface area contributed by atoms with Crippen LogP contribution in [0, 0.1) is 0 Å². The van der Waals surface area contributed by atoms with E-state index in [9.17, 15) is 4.79 Å². The zero-order chi connectivity index (χ0) is 11.1. The Bertz CT molecular complexity index is 590. The number of rotatable bonds is 0. The van der Waals surface area contributed by atoms with Crippen LogP contribution in [0.2, 0.25) is 0 Å². The number of nitrogens with two attached hydrogens (primary N) is 1. The van der Waals surface area contributed by atoms with Crippen LogP contribution in [0.25, 0.3) is 11.1 Å². The quantitative estimate of drug-likeness (QED) is 0.677. The minimum Gasteiger partial charge on any atom is -0.398 e. The van der Waals surface area contributed by atoms with Crippen LogP contribution in [0.4, 0.5) is 5.69 Å². The zero-order valence-electron chi connectivity index (χ0n) is 8.60. The predicted molar refractivity (Wildman–Crippen MR) is 62.1 cm³/mol. The third-order valence-corrected chi connectivity index (χ3v) is 2.88. The molecule has 0 radical (unpaired) electrons. The maximum absolute atomic E-state index is 11.9. The molecule has 1 heterocycles. The summed E-state index contributed by atoms with van der Waals surface area (Å²) in [4.78, 5) is 16.2. The van der Waals surface area contributed by atoms with Crippen molar-refractivity contribution in [3.8, 4) is 11.1 Å². The standard InChI is InChI=1S/C13H10N2O/c14-10-5-1-3-9-8-4-2-6-15-11(8)7-12(16)13(9)10/h1-6H,7,14H2. The average Bonchev–Trinajstić information content (AvgIpc) is 2.29. The van der Waals surface area contributed by atoms with Crippen molar-refractivity contribution in [3.05, 3.63) is 47.8 Å². The Morgan fingerprint density at radius 2 is 1.94 bits per heavy atom. The van der Waals surface area contributed by atoms with Crippen molar-refractivity contribution in [2.24, 2.45) is 0 Å². The molecule has 2 aromatic rings. The molecule has 0 amide bonds. The average molecular weight is 210 g/mol. The zero-order valence-corrected chi connectivity index (χ0v) is 8.60. The Hall–Kier alpha value is -2.16. The maximum Gasteiger partial charge on any atom is 0.171 e. The largest absolute Gasteiger partial charge is 0.398 e. The van der Waals surface area contributed by atoms with Gasteiger partial charge in [0.25, 0.3) is 0 Å². The predicted octanol–water partition coefficient (Wildman–Crippen LogP) is 2.07. The summed E-state index contributed by atoms with van der Waals surface area (Å²) in [6.45, 7) is 0. The number of aromatic nitrogens is 1. The smallest absolute Gasteiger partial charge is 0.171 e. The van der Waals surface area contributed by atoms with E-state index in [2.05, 4.69) is 4.98 Å². The fraction of sp³-hybridized carbons (Fsp3) is 0.0769. The van der Waals surface area contributed by atoms with Gasteiger partial charge in [-0.05, 0) is 17.7 Å². The van der Waals surface area contributed by atoms with E-state index in [1.54, 1.807) is 12.3 Å². The molecule has 0 atom stereocenters. The van der Waals surface area contributed by atoms with Gasteiger partial charge in [0.2, 0.25) is 0 Å². The lowest BCUT2D eigenvalue weighted by Crippen LogP contribution is -2.15. The van der Waals surface area contributed by atoms with Crippen LogP contribution in [0.15, 0.2) is 36.5 Å². The maximum atomic E-state index is 11.9. The van der Waals surface area contributed by atoms with Crippen molar-refractivity contribution >= 4 is 11.5 Å². The van der Waals surface area contributed by atoms with E-state index >= 15 is 0 Å². The van der Waals surface area contributed by atoms with Crippen molar-refractivity contribution < 1.29 is 4.79 Å². The normalized spacial score (nSPS) is 13.1. The van der Waals surface area contributed by atoms with Crippen LogP contribution in [-0.4, -0.2) is 10.8 Å². The van der Waals surface area contributed by atoms with Gasteiger partial charge >= 0.3 is 0 Å². The fourth-order valence-corrected chi connectivity index (χ4v) is 2.17. The lowest BCUT2D eigenvalue weighted by atomic mass is 9.87. The summed E-state index contributed by atoms with van der Waals surface area (Å²) in [6.07, 6.45) is 2.06. The number of pyridine rings is 1. The molecular formula is C13H10N2O. The van der Waals surface area contributed by atoms with Crippen molar-refractivity contribution in [1.82, 2.24) is 4.98 Å². The molecule has 0 spiro atoms. The summed E-state index contributed by atoms with van der Waals surface area (Å²) in [5.74, 6) is 0.0549. The molecule has 2 N–H and O–H groups in total. The van der Waals surface area contributed by atoms with E-state index < -0.39 is 0 Å². The molecule has 3 rings (SSSR count). The number of nitrogen functional groups attached to an aromatic ring is 1. The second-order valence-corrected chi connectivity index (χ2v) is 3.87. The SMILES string of the molecule is Nc1cccc2c1C(=O)Cc1ncccc1-2. The van der Waals surface area contributed by atoms with Gasteiger partial charge in [-0.2, -0.15) is 0 Å². The topological polar surface area (TPSA) is 56.0 Å².